The van der Waals surface area contributed by atoms with Crippen molar-refractivity contribution in [2.45, 2.75) is 11.3 Å². The Labute approximate surface area is 150 Å². The van der Waals surface area contributed by atoms with Crippen molar-refractivity contribution in [2.24, 2.45) is 0 Å². The summed E-state index contributed by atoms with van der Waals surface area (Å²) in [5.41, 5.74) is 1.42. The molecule has 0 fully saturated rings. The maximum absolute atomic E-state index is 12.7. The predicted molar refractivity (Wildman–Crippen MR) is 95.7 cm³/mol. The highest BCUT2D eigenvalue weighted by molar-refractivity contribution is 7.90. The van der Waals surface area contributed by atoms with E-state index in [2.05, 4.69) is 5.32 Å². The van der Waals surface area contributed by atoms with Gasteiger partial charge < -0.3 is 10.2 Å². The third kappa shape index (κ3) is 3.67. The van der Waals surface area contributed by atoms with Crippen LogP contribution in [-0.2, 0) is 25.8 Å². The molecule has 0 unspecified atom stereocenters. The second-order valence-electron chi connectivity index (χ2n) is 5.75. The molecule has 2 aromatic carbocycles. The SMILES string of the molecule is CS(=O)(=O)c1ccc2c(c1)NC(=O)CN2C(=O)Cc1ccccc1Cl. The molecule has 0 saturated carbocycles. The molecule has 1 N–H and O–H groups in total. The van der Waals surface area contributed by atoms with Crippen molar-refractivity contribution in [2.75, 3.05) is 23.0 Å². The van der Waals surface area contributed by atoms with Crippen molar-refractivity contribution in [3.8, 4) is 0 Å². The number of sulfone groups is 1. The molecule has 0 spiro atoms. The summed E-state index contributed by atoms with van der Waals surface area (Å²) in [7, 11) is -3.42. The lowest BCUT2D eigenvalue weighted by molar-refractivity contribution is -0.121. The number of rotatable bonds is 3. The van der Waals surface area contributed by atoms with E-state index in [-0.39, 0.29) is 29.7 Å². The molecule has 1 heterocycles. The molecule has 2 aromatic rings. The van der Waals surface area contributed by atoms with Crippen LogP contribution in [0.2, 0.25) is 5.02 Å². The fourth-order valence-electron chi connectivity index (χ4n) is 2.62. The molecule has 0 atom stereocenters. The average Bonchev–Trinajstić information content (AvgIpc) is 2.54. The number of fused-ring (bicyclic) bond motifs is 1. The van der Waals surface area contributed by atoms with Gasteiger partial charge in [0.05, 0.1) is 22.7 Å². The zero-order chi connectivity index (χ0) is 18.2. The van der Waals surface area contributed by atoms with Gasteiger partial charge in [-0.05, 0) is 29.8 Å². The van der Waals surface area contributed by atoms with Crippen molar-refractivity contribution >= 4 is 44.6 Å². The lowest BCUT2D eigenvalue weighted by atomic mass is 10.1. The maximum atomic E-state index is 12.7. The number of carbonyl (C=O) groups is 2. The molecule has 0 bridgehead atoms. The number of anilines is 2. The minimum atomic E-state index is -3.42. The minimum absolute atomic E-state index is 0.0419. The van der Waals surface area contributed by atoms with Gasteiger partial charge >= 0.3 is 0 Å². The van der Waals surface area contributed by atoms with Crippen LogP contribution in [0.5, 0.6) is 0 Å². The Hall–Kier alpha value is -2.38. The van der Waals surface area contributed by atoms with Crippen LogP contribution in [-0.4, -0.2) is 33.0 Å². The van der Waals surface area contributed by atoms with E-state index in [1.54, 1.807) is 24.3 Å². The zero-order valence-electron chi connectivity index (χ0n) is 13.3. The van der Waals surface area contributed by atoms with Crippen LogP contribution < -0.4 is 10.2 Å². The summed E-state index contributed by atoms with van der Waals surface area (Å²) in [6.45, 7) is -0.130. The van der Waals surface area contributed by atoms with E-state index in [1.807, 2.05) is 0 Å². The highest BCUT2D eigenvalue weighted by atomic mass is 35.5. The Kier molecular flexibility index (Phi) is 4.53. The van der Waals surface area contributed by atoms with Gasteiger partial charge in [0.15, 0.2) is 9.84 Å². The van der Waals surface area contributed by atoms with E-state index < -0.39 is 9.84 Å². The summed E-state index contributed by atoms with van der Waals surface area (Å²) in [6, 6.07) is 11.3. The molecule has 1 aliphatic heterocycles. The van der Waals surface area contributed by atoms with Gasteiger partial charge in [-0.25, -0.2) is 8.42 Å². The van der Waals surface area contributed by atoms with Crippen molar-refractivity contribution in [1.29, 1.82) is 0 Å². The fourth-order valence-corrected chi connectivity index (χ4v) is 3.47. The fraction of sp³-hybridized carbons (Fsp3) is 0.176. The van der Waals surface area contributed by atoms with Crippen LogP contribution in [0.4, 0.5) is 11.4 Å². The molecule has 130 valence electrons. The van der Waals surface area contributed by atoms with Gasteiger partial charge in [-0.15, -0.1) is 0 Å². The molecule has 6 nitrogen and oxygen atoms in total. The molecule has 25 heavy (non-hydrogen) atoms. The van der Waals surface area contributed by atoms with Crippen molar-refractivity contribution in [1.82, 2.24) is 0 Å². The van der Waals surface area contributed by atoms with Crippen LogP contribution in [0, 0.1) is 0 Å². The summed E-state index contributed by atoms with van der Waals surface area (Å²) < 4.78 is 23.4. The molecular weight excluding hydrogens is 364 g/mol. The van der Waals surface area contributed by atoms with E-state index in [0.29, 0.717) is 22.0 Å². The van der Waals surface area contributed by atoms with E-state index in [0.717, 1.165) is 6.26 Å². The smallest absolute Gasteiger partial charge is 0.244 e. The number of halogens is 1. The molecule has 0 saturated heterocycles. The van der Waals surface area contributed by atoms with Crippen LogP contribution >= 0.6 is 11.6 Å². The number of nitrogens with zero attached hydrogens (tertiary/aromatic N) is 1. The first-order valence-corrected chi connectivity index (χ1v) is 9.70. The third-order valence-electron chi connectivity index (χ3n) is 3.86. The Morgan fingerprint density at radius 3 is 2.64 bits per heavy atom. The van der Waals surface area contributed by atoms with Crippen molar-refractivity contribution in [3.05, 3.63) is 53.1 Å². The monoisotopic (exact) mass is 378 g/mol. The van der Waals surface area contributed by atoms with Gasteiger partial charge in [-0.3, -0.25) is 9.59 Å². The summed E-state index contributed by atoms with van der Waals surface area (Å²) in [5.74, 6) is -0.679. The first-order chi connectivity index (χ1) is 11.8. The van der Waals surface area contributed by atoms with Gasteiger partial charge in [0.1, 0.15) is 6.54 Å². The molecule has 0 radical (unpaired) electrons. The quantitative estimate of drug-likeness (QED) is 0.888. The summed E-state index contributed by atoms with van der Waals surface area (Å²) >= 11 is 6.09. The van der Waals surface area contributed by atoms with Crippen molar-refractivity contribution in [3.63, 3.8) is 0 Å². The second-order valence-corrected chi connectivity index (χ2v) is 8.17. The number of amides is 2. The van der Waals surface area contributed by atoms with Crippen LogP contribution in [0.15, 0.2) is 47.4 Å². The van der Waals surface area contributed by atoms with Gasteiger partial charge in [-0.1, -0.05) is 29.8 Å². The Bertz CT molecular complexity index is 972. The Balaban J connectivity index is 1.95. The highest BCUT2D eigenvalue weighted by Crippen LogP contribution is 2.32. The normalized spacial score (nSPS) is 14.0. The number of hydrogen-bond donors (Lipinski definition) is 1. The first kappa shape index (κ1) is 17.4. The Morgan fingerprint density at radius 1 is 1.24 bits per heavy atom. The minimum Gasteiger partial charge on any atom is -0.323 e. The van der Waals surface area contributed by atoms with Gasteiger partial charge in [-0.2, -0.15) is 0 Å². The number of nitrogens with one attached hydrogen (secondary N) is 1. The largest absolute Gasteiger partial charge is 0.323 e. The molecule has 2 amide bonds. The standard InChI is InChI=1S/C17H15ClN2O4S/c1-25(23,24)12-6-7-15-14(9-12)19-16(21)10-20(15)17(22)8-11-4-2-3-5-13(11)18/h2-7,9H,8,10H2,1H3,(H,19,21). The second kappa shape index (κ2) is 6.50. The third-order valence-corrected chi connectivity index (χ3v) is 5.34. The zero-order valence-corrected chi connectivity index (χ0v) is 14.9. The van der Waals surface area contributed by atoms with Gasteiger partial charge in [0, 0.05) is 11.3 Å². The molecular formula is C17H15ClN2O4S. The molecule has 8 heteroatoms. The van der Waals surface area contributed by atoms with Crippen LogP contribution in [0.3, 0.4) is 0 Å². The highest BCUT2D eigenvalue weighted by Gasteiger charge is 2.28. The van der Waals surface area contributed by atoms with Crippen LogP contribution in [0.25, 0.3) is 0 Å². The van der Waals surface area contributed by atoms with E-state index in [9.17, 15) is 18.0 Å². The number of hydrogen-bond acceptors (Lipinski definition) is 4. The molecule has 3 rings (SSSR count). The molecule has 0 aliphatic carbocycles. The summed E-state index contributed by atoms with van der Waals surface area (Å²) in [5, 5.41) is 3.09. The van der Waals surface area contributed by atoms with Gasteiger partial charge in [0.2, 0.25) is 11.8 Å². The topological polar surface area (TPSA) is 83.6 Å². The predicted octanol–water partition coefficient (Wildman–Crippen LogP) is 2.27. The van der Waals surface area contributed by atoms with E-state index >= 15 is 0 Å². The maximum Gasteiger partial charge on any atom is 0.244 e. The average molecular weight is 379 g/mol. The molecule has 1 aliphatic rings. The Morgan fingerprint density at radius 2 is 1.96 bits per heavy atom. The first-order valence-electron chi connectivity index (χ1n) is 7.43. The van der Waals surface area contributed by atoms with Crippen molar-refractivity contribution < 1.29 is 18.0 Å². The lowest BCUT2D eigenvalue weighted by Crippen LogP contribution is -2.43. The number of benzene rings is 2. The van der Waals surface area contributed by atoms with E-state index in [4.69, 9.17) is 11.6 Å². The van der Waals surface area contributed by atoms with E-state index in [1.165, 1.54) is 23.1 Å². The van der Waals surface area contributed by atoms with Gasteiger partial charge in [0.25, 0.3) is 0 Å². The van der Waals surface area contributed by atoms with Crippen LogP contribution in [0.1, 0.15) is 5.56 Å². The molecule has 0 aromatic heterocycles. The number of carbonyl (C=O) groups excluding carboxylic acids is 2. The summed E-state index contributed by atoms with van der Waals surface area (Å²) in [4.78, 5) is 26.0. The lowest BCUT2D eigenvalue weighted by Gasteiger charge is -2.29. The summed E-state index contributed by atoms with van der Waals surface area (Å²) in [6.07, 6.45) is 1.12.